The van der Waals surface area contributed by atoms with Gasteiger partial charge in [0.1, 0.15) is 11.6 Å². The molecule has 8 rings (SSSR count). The molecule has 0 aliphatic carbocycles. The molecule has 2 heterocycles. The second kappa shape index (κ2) is 17.6. The molecule has 0 aliphatic heterocycles. The van der Waals surface area contributed by atoms with Gasteiger partial charge >= 0.3 is 0 Å². The molecule has 0 aliphatic rings. The summed E-state index contributed by atoms with van der Waals surface area (Å²) >= 11 is 0. The van der Waals surface area contributed by atoms with Gasteiger partial charge < -0.3 is 5.11 Å². The molecule has 7 heteroatoms. The summed E-state index contributed by atoms with van der Waals surface area (Å²) in [5.41, 5.74) is 15.7. The van der Waals surface area contributed by atoms with Crippen LogP contribution in [0.5, 0.6) is 5.75 Å². The molecule has 0 fully saturated rings. The molecule has 0 saturated carbocycles. The van der Waals surface area contributed by atoms with Crippen LogP contribution in [0, 0.1) is 6.07 Å². The van der Waals surface area contributed by atoms with Crippen molar-refractivity contribution in [3.63, 3.8) is 0 Å². The summed E-state index contributed by atoms with van der Waals surface area (Å²) in [6, 6.07) is 54.1. The molecule has 8 aromatic rings. The van der Waals surface area contributed by atoms with Crippen LogP contribution in [0.1, 0.15) is 49.9 Å². The monoisotopic (exact) mass is 1030 g/mol. The van der Waals surface area contributed by atoms with Crippen LogP contribution in [0.2, 0.25) is 39.3 Å². The predicted molar refractivity (Wildman–Crippen MR) is 264 cm³/mol. The molecule has 4 nitrogen and oxygen atoms in total. The molecule has 0 saturated heterocycles. The predicted octanol–water partition coefficient (Wildman–Crippen LogP) is 15.0. The Hall–Kier alpha value is -5.14. The van der Waals surface area contributed by atoms with Crippen LogP contribution in [-0.2, 0) is 32.5 Å². The summed E-state index contributed by atoms with van der Waals surface area (Å²) in [6.45, 7) is 23.5. The quantitative estimate of drug-likeness (QED) is 0.110. The van der Waals surface area contributed by atoms with Crippen molar-refractivity contribution in [2.24, 2.45) is 0 Å². The maximum absolute atomic E-state index is 12.6. The Kier molecular flexibility index (Phi) is 12.7. The van der Waals surface area contributed by atoms with E-state index in [1.54, 1.807) is 0 Å². The minimum Gasteiger partial charge on any atom is -0.507 e. The number of rotatable bonds is 10. The van der Waals surface area contributed by atoms with Gasteiger partial charge in [-0.3, -0.25) is 9.55 Å². The Balaban J connectivity index is 0.00000578. The molecule has 0 bridgehead atoms. The van der Waals surface area contributed by atoms with E-state index in [0.29, 0.717) is 5.75 Å². The third-order valence-electron chi connectivity index (χ3n) is 12.0. The second-order valence-corrected chi connectivity index (χ2v) is 31.0. The number of hydrogen-bond acceptors (Lipinski definition) is 3. The molecule has 6 aromatic carbocycles. The van der Waals surface area contributed by atoms with Crippen LogP contribution in [0.25, 0.3) is 72.7 Å². The van der Waals surface area contributed by atoms with Gasteiger partial charge in [-0.1, -0.05) is 175 Å². The van der Waals surface area contributed by atoms with E-state index < -0.39 is 16.1 Å². The molecule has 318 valence electrons. The number of phenolic OH excluding ortho intramolecular Hbond substituents is 1. The van der Waals surface area contributed by atoms with Crippen LogP contribution >= 0.6 is 0 Å². The number of fused-ring (bicyclic) bond motifs is 1. The summed E-state index contributed by atoms with van der Waals surface area (Å²) in [7, 11) is -3.24. The van der Waals surface area contributed by atoms with E-state index in [1.165, 1.54) is 16.7 Å². The number of pyridine rings is 1. The van der Waals surface area contributed by atoms with Crippen molar-refractivity contribution in [2.75, 3.05) is 0 Å². The van der Waals surface area contributed by atoms with Gasteiger partial charge in [-0.2, -0.15) is 0 Å². The average molecular weight is 1030 g/mol. The Morgan fingerprint density at radius 3 is 2.02 bits per heavy atom. The molecule has 1 N–H and O–H groups in total. The fourth-order valence-electron chi connectivity index (χ4n) is 8.58. The Morgan fingerprint density at radius 1 is 0.661 bits per heavy atom. The average Bonchev–Trinajstić information content (AvgIpc) is 3.63. The summed E-state index contributed by atoms with van der Waals surface area (Å²) in [6.07, 6.45) is 1.91. The number of phenols is 1. The van der Waals surface area contributed by atoms with E-state index in [9.17, 15) is 5.11 Å². The summed E-state index contributed by atoms with van der Waals surface area (Å²) in [4.78, 5) is 10.5. The summed E-state index contributed by atoms with van der Waals surface area (Å²) in [5.74, 6) is 1.06. The number of para-hydroxylation sites is 2. The molecule has 62 heavy (non-hydrogen) atoms. The van der Waals surface area contributed by atoms with Crippen molar-refractivity contribution < 1.29 is 26.2 Å². The topological polar surface area (TPSA) is 50.9 Å². The summed E-state index contributed by atoms with van der Waals surface area (Å²) in [5, 5.41) is 12.6. The SMILES string of the molecule is CC(c1cc(C[Si](C)(C)C)cc(-c2nc3c(-c4[c-]c(-c5cc(-c6ccccc6C(C)(C)C)ccn5)ccc4)cccc3n2-c2ccccc2-c2ccccc2)c1O)[Si](C)(C)C.[Pt]. The number of benzene rings is 6. The van der Waals surface area contributed by atoms with E-state index in [4.69, 9.17) is 9.97 Å². The molecule has 1 unspecified atom stereocenters. The van der Waals surface area contributed by atoms with Gasteiger partial charge in [0.05, 0.1) is 30.4 Å². The Labute approximate surface area is 385 Å². The maximum atomic E-state index is 12.6. The minimum atomic E-state index is -1.71. The van der Waals surface area contributed by atoms with Gasteiger partial charge in [-0.25, -0.2) is 4.98 Å². The number of nitrogens with zero attached hydrogens (tertiary/aromatic N) is 3. The van der Waals surface area contributed by atoms with Crippen molar-refractivity contribution in [3.8, 4) is 67.5 Å². The molecule has 1 atom stereocenters. The Bertz CT molecular complexity index is 2880. The van der Waals surface area contributed by atoms with Crippen LogP contribution < -0.4 is 0 Å². The van der Waals surface area contributed by atoms with Gasteiger partial charge in [-0.15, -0.1) is 29.8 Å². The fourth-order valence-corrected chi connectivity index (χ4v) is 11.2. The maximum Gasteiger partial charge on any atom is 0.148 e. The molecule has 0 amide bonds. The molecule has 0 spiro atoms. The van der Waals surface area contributed by atoms with Crippen molar-refractivity contribution in [1.82, 2.24) is 14.5 Å². The largest absolute Gasteiger partial charge is 0.507 e. The van der Waals surface area contributed by atoms with Crippen LogP contribution in [0.4, 0.5) is 0 Å². The number of aromatic nitrogens is 3. The molecular weight excluding hydrogens is 970 g/mol. The zero-order chi connectivity index (χ0) is 43.3. The van der Waals surface area contributed by atoms with Crippen LogP contribution in [0.15, 0.2) is 146 Å². The standard InChI is InChI=1S/C55H58N3OSi2.Pt/c1-37(61(8,9)10)46-32-38(36-60(5,6)7)33-47(53(46)59)54-57-52-45(26-19-29-51(52)58(54)50-28-17-15-25-44(50)39-20-12-11-13-21-39)40-22-18-23-42(34-40)49-35-41(30-31-56-49)43-24-14-16-27-48(43)55(2,3)4;/h11-33,35,37,59H,36H2,1-10H3;/q-1;. The third-order valence-corrected chi connectivity index (χ3v) is 16.4. The van der Waals surface area contributed by atoms with E-state index in [0.717, 1.165) is 78.8 Å². The fraction of sp³-hybridized carbons (Fsp3) is 0.236. The van der Waals surface area contributed by atoms with Gasteiger partial charge in [-0.05, 0) is 74.6 Å². The third kappa shape index (κ3) is 9.15. The van der Waals surface area contributed by atoms with Crippen molar-refractivity contribution in [2.45, 2.75) is 84.0 Å². The van der Waals surface area contributed by atoms with Gasteiger partial charge in [0, 0.05) is 46.6 Å². The van der Waals surface area contributed by atoms with Crippen molar-refractivity contribution in [3.05, 3.63) is 168 Å². The van der Waals surface area contributed by atoms with Crippen LogP contribution in [-0.4, -0.2) is 35.8 Å². The van der Waals surface area contributed by atoms with E-state index in [-0.39, 0.29) is 32.0 Å². The summed E-state index contributed by atoms with van der Waals surface area (Å²) < 4.78 is 2.28. The van der Waals surface area contributed by atoms with Crippen LogP contribution in [0.3, 0.4) is 0 Å². The second-order valence-electron chi connectivity index (χ2n) is 19.9. The molecule has 0 radical (unpaired) electrons. The first kappa shape index (κ1) is 44.9. The Morgan fingerprint density at radius 2 is 1.31 bits per heavy atom. The van der Waals surface area contributed by atoms with Crippen molar-refractivity contribution >= 4 is 27.2 Å². The number of hydrogen-bond donors (Lipinski definition) is 1. The molecule has 2 aromatic heterocycles. The van der Waals surface area contributed by atoms with Gasteiger partial charge in [0.2, 0.25) is 0 Å². The number of aromatic hydroxyl groups is 1. The minimum absolute atomic E-state index is 0. The normalized spacial score (nSPS) is 12.6. The first-order chi connectivity index (χ1) is 29.0. The van der Waals surface area contributed by atoms with E-state index >= 15 is 0 Å². The van der Waals surface area contributed by atoms with E-state index in [1.807, 2.05) is 6.20 Å². The van der Waals surface area contributed by atoms with E-state index in [2.05, 4.69) is 217 Å². The number of imidazole rings is 1. The zero-order valence-electron chi connectivity index (χ0n) is 37.7. The van der Waals surface area contributed by atoms with Gasteiger partial charge in [0.15, 0.2) is 0 Å². The van der Waals surface area contributed by atoms with Crippen molar-refractivity contribution in [1.29, 1.82) is 0 Å². The molecular formula is C55H58N3OPtSi2-. The smallest absolute Gasteiger partial charge is 0.148 e. The first-order valence-electron chi connectivity index (χ1n) is 21.6. The zero-order valence-corrected chi connectivity index (χ0v) is 42.0. The van der Waals surface area contributed by atoms with Gasteiger partial charge in [0.25, 0.3) is 0 Å². The first-order valence-corrected chi connectivity index (χ1v) is 28.9.